The predicted molar refractivity (Wildman–Crippen MR) is 94.5 cm³/mol. The fourth-order valence-electron chi connectivity index (χ4n) is 3.79. The molecule has 1 aromatic rings. The van der Waals surface area contributed by atoms with E-state index in [4.69, 9.17) is 11.6 Å². The molecule has 2 unspecified atom stereocenters. The topological polar surface area (TPSA) is 47.6 Å². The van der Waals surface area contributed by atoms with Gasteiger partial charge < -0.3 is 4.90 Å². The van der Waals surface area contributed by atoms with Gasteiger partial charge in [-0.2, -0.15) is 0 Å². The molecule has 2 aliphatic heterocycles. The summed E-state index contributed by atoms with van der Waals surface area (Å²) in [5.74, 6) is 1.04. The average molecular weight is 349 g/mol. The number of hydrogen-bond donors (Lipinski definition) is 2. The zero-order chi connectivity index (χ0) is 16.5. The van der Waals surface area contributed by atoms with Crippen LogP contribution < -0.4 is 10.9 Å². The molecule has 2 saturated heterocycles. The van der Waals surface area contributed by atoms with Crippen LogP contribution in [-0.4, -0.2) is 54.0 Å². The molecular weight excluding hydrogens is 324 g/mol. The summed E-state index contributed by atoms with van der Waals surface area (Å²) in [7, 11) is 0. The Morgan fingerprint density at radius 1 is 1.17 bits per heavy atom. The lowest BCUT2D eigenvalue weighted by Gasteiger charge is -2.35. The van der Waals surface area contributed by atoms with Crippen molar-refractivity contribution in [2.24, 2.45) is 5.92 Å². The van der Waals surface area contributed by atoms with Gasteiger partial charge in [-0.1, -0.05) is 23.7 Å². The average Bonchev–Trinajstić information content (AvgIpc) is 3.32. The molecule has 1 saturated carbocycles. The summed E-state index contributed by atoms with van der Waals surface area (Å²) >= 11 is 6.05. The van der Waals surface area contributed by atoms with Gasteiger partial charge in [0, 0.05) is 43.8 Å². The van der Waals surface area contributed by atoms with Gasteiger partial charge in [-0.25, -0.2) is 5.43 Å². The van der Waals surface area contributed by atoms with Crippen molar-refractivity contribution in [1.82, 2.24) is 20.7 Å². The molecule has 1 aliphatic carbocycles. The number of piperazine rings is 1. The molecule has 2 atom stereocenters. The summed E-state index contributed by atoms with van der Waals surface area (Å²) in [4.78, 5) is 17.1. The van der Waals surface area contributed by atoms with Gasteiger partial charge >= 0.3 is 0 Å². The van der Waals surface area contributed by atoms with Crippen molar-refractivity contribution in [2.75, 3.05) is 26.2 Å². The number of hydrazine groups is 1. The van der Waals surface area contributed by atoms with E-state index in [1.165, 1.54) is 18.4 Å². The van der Waals surface area contributed by atoms with Crippen LogP contribution in [0.25, 0.3) is 0 Å². The van der Waals surface area contributed by atoms with Crippen molar-refractivity contribution in [3.05, 3.63) is 34.9 Å². The molecule has 24 heavy (non-hydrogen) atoms. The van der Waals surface area contributed by atoms with Gasteiger partial charge in [0.1, 0.15) is 6.04 Å². The Bertz CT molecular complexity index is 598. The van der Waals surface area contributed by atoms with Gasteiger partial charge in [0.2, 0.25) is 5.91 Å². The lowest BCUT2D eigenvalue weighted by molar-refractivity contribution is -0.135. The SMILES string of the molecule is O=C(C1CC(C2CC2)NN1)N1CCN(Cc2cccc(Cl)c2)CC1. The lowest BCUT2D eigenvalue weighted by Crippen LogP contribution is -2.53. The van der Waals surface area contributed by atoms with Crippen molar-refractivity contribution in [3.8, 4) is 0 Å². The molecule has 0 aromatic heterocycles. The summed E-state index contributed by atoms with van der Waals surface area (Å²) in [5.41, 5.74) is 7.76. The van der Waals surface area contributed by atoms with E-state index in [1.54, 1.807) is 0 Å². The van der Waals surface area contributed by atoms with Crippen LogP contribution in [0.5, 0.6) is 0 Å². The van der Waals surface area contributed by atoms with Crippen LogP contribution >= 0.6 is 11.6 Å². The summed E-state index contributed by atoms with van der Waals surface area (Å²) in [5, 5.41) is 0.784. The summed E-state index contributed by atoms with van der Waals surface area (Å²) in [6, 6.07) is 8.46. The van der Waals surface area contributed by atoms with Crippen LogP contribution in [0.2, 0.25) is 5.02 Å². The highest BCUT2D eigenvalue weighted by Gasteiger charge is 2.40. The number of nitrogens with zero attached hydrogens (tertiary/aromatic N) is 2. The minimum Gasteiger partial charge on any atom is -0.339 e. The molecule has 5 nitrogen and oxygen atoms in total. The van der Waals surface area contributed by atoms with Gasteiger partial charge in [0.05, 0.1) is 0 Å². The number of halogens is 1. The number of hydrogen-bond acceptors (Lipinski definition) is 4. The number of nitrogens with one attached hydrogen (secondary N) is 2. The Hall–Kier alpha value is -1.14. The third-order valence-corrected chi connectivity index (χ3v) is 5.64. The minimum atomic E-state index is -0.0462. The monoisotopic (exact) mass is 348 g/mol. The highest BCUT2D eigenvalue weighted by atomic mass is 35.5. The Morgan fingerprint density at radius 3 is 2.67 bits per heavy atom. The third-order valence-electron chi connectivity index (χ3n) is 5.40. The second-order valence-electron chi connectivity index (χ2n) is 7.25. The first-order valence-electron chi connectivity index (χ1n) is 8.96. The van der Waals surface area contributed by atoms with Crippen LogP contribution in [0, 0.1) is 5.92 Å². The zero-order valence-corrected chi connectivity index (χ0v) is 14.6. The van der Waals surface area contributed by atoms with Gasteiger partial charge in [-0.05, 0) is 42.9 Å². The number of carbonyl (C=O) groups is 1. The van der Waals surface area contributed by atoms with Crippen molar-refractivity contribution < 1.29 is 4.79 Å². The van der Waals surface area contributed by atoms with Crippen molar-refractivity contribution >= 4 is 17.5 Å². The maximum atomic E-state index is 12.7. The summed E-state index contributed by atoms with van der Waals surface area (Å²) in [6.07, 6.45) is 3.55. The summed E-state index contributed by atoms with van der Waals surface area (Å²) < 4.78 is 0. The lowest BCUT2D eigenvalue weighted by atomic mass is 10.1. The second-order valence-corrected chi connectivity index (χ2v) is 7.69. The normalized spacial score (nSPS) is 28.3. The molecular formula is C18H25ClN4O. The van der Waals surface area contributed by atoms with Gasteiger partial charge in [0.25, 0.3) is 0 Å². The fraction of sp³-hybridized carbons (Fsp3) is 0.611. The number of amides is 1. The first-order valence-corrected chi connectivity index (χ1v) is 9.33. The predicted octanol–water partition coefficient (Wildman–Crippen LogP) is 1.63. The van der Waals surface area contributed by atoms with E-state index < -0.39 is 0 Å². The van der Waals surface area contributed by atoms with Crippen LogP contribution in [0.4, 0.5) is 0 Å². The van der Waals surface area contributed by atoms with Gasteiger partial charge in [-0.3, -0.25) is 15.1 Å². The molecule has 4 rings (SSSR count). The Balaban J connectivity index is 1.26. The zero-order valence-electron chi connectivity index (χ0n) is 13.9. The number of rotatable bonds is 4. The minimum absolute atomic E-state index is 0.0462. The smallest absolute Gasteiger partial charge is 0.241 e. The molecule has 3 aliphatic rings. The van der Waals surface area contributed by atoms with E-state index in [0.29, 0.717) is 6.04 Å². The van der Waals surface area contributed by atoms with E-state index in [0.717, 1.165) is 50.1 Å². The standard InChI is InChI=1S/C18H25ClN4O/c19-15-3-1-2-13(10-15)12-22-6-8-23(9-7-22)18(24)17-11-16(20-21-17)14-4-5-14/h1-3,10,14,16-17,20-21H,4-9,11-12H2. The highest BCUT2D eigenvalue weighted by molar-refractivity contribution is 6.30. The maximum absolute atomic E-state index is 12.7. The van der Waals surface area contributed by atoms with Gasteiger partial charge in [0.15, 0.2) is 0 Å². The Kier molecular flexibility index (Phi) is 4.77. The first-order chi connectivity index (χ1) is 11.7. The molecule has 3 fully saturated rings. The van der Waals surface area contributed by atoms with Crippen LogP contribution in [0.15, 0.2) is 24.3 Å². The molecule has 2 N–H and O–H groups in total. The van der Waals surface area contributed by atoms with E-state index >= 15 is 0 Å². The number of benzene rings is 1. The first kappa shape index (κ1) is 16.3. The maximum Gasteiger partial charge on any atom is 0.241 e. The molecule has 130 valence electrons. The highest BCUT2D eigenvalue weighted by Crippen LogP contribution is 2.35. The molecule has 1 amide bonds. The third kappa shape index (κ3) is 3.75. The Morgan fingerprint density at radius 2 is 1.96 bits per heavy atom. The van der Waals surface area contributed by atoms with Crippen LogP contribution in [0.1, 0.15) is 24.8 Å². The van der Waals surface area contributed by atoms with E-state index in [9.17, 15) is 4.79 Å². The molecule has 1 aromatic carbocycles. The molecule has 0 radical (unpaired) electrons. The summed E-state index contributed by atoms with van der Waals surface area (Å²) in [6.45, 7) is 4.36. The quantitative estimate of drug-likeness (QED) is 0.868. The van der Waals surface area contributed by atoms with Crippen molar-refractivity contribution in [1.29, 1.82) is 0 Å². The van der Waals surface area contributed by atoms with Gasteiger partial charge in [-0.15, -0.1) is 0 Å². The van der Waals surface area contributed by atoms with E-state index in [-0.39, 0.29) is 11.9 Å². The van der Waals surface area contributed by atoms with Crippen molar-refractivity contribution in [2.45, 2.75) is 37.9 Å². The fourth-order valence-corrected chi connectivity index (χ4v) is 4.00. The molecule has 0 bridgehead atoms. The van der Waals surface area contributed by atoms with Crippen molar-refractivity contribution in [3.63, 3.8) is 0 Å². The second kappa shape index (κ2) is 7.00. The van der Waals surface area contributed by atoms with Crippen LogP contribution in [0.3, 0.4) is 0 Å². The van der Waals surface area contributed by atoms with E-state index in [1.807, 2.05) is 23.1 Å². The number of carbonyl (C=O) groups excluding carboxylic acids is 1. The largest absolute Gasteiger partial charge is 0.339 e. The van der Waals surface area contributed by atoms with E-state index in [2.05, 4.69) is 21.8 Å². The molecule has 2 heterocycles. The van der Waals surface area contributed by atoms with Crippen LogP contribution in [-0.2, 0) is 11.3 Å². The molecule has 6 heteroatoms. The Labute approximate surface area is 148 Å². The molecule has 0 spiro atoms.